The lowest BCUT2D eigenvalue weighted by molar-refractivity contribution is 0.0772. The Morgan fingerprint density at radius 3 is 2.63 bits per heavy atom. The Morgan fingerprint density at radius 1 is 1.15 bits per heavy atom. The SMILES string of the molecule is O=C(c1ccc(F)c(F)c1)N1CC(c2nncn2C2CC2)C2(CCCC2)C1. The van der Waals surface area contributed by atoms with Crippen molar-refractivity contribution < 1.29 is 13.6 Å². The quantitative estimate of drug-likeness (QED) is 0.826. The van der Waals surface area contributed by atoms with Crippen LogP contribution in [-0.2, 0) is 0 Å². The van der Waals surface area contributed by atoms with Crippen molar-refractivity contribution in [3.63, 3.8) is 0 Å². The lowest BCUT2D eigenvalue weighted by Gasteiger charge is -2.29. The molecule has 1 aliphatic heterocycles. The molecule has 1 spiro atoms. The van der Waals surface area contributed by atoms with Gasteiger partial charge < -0.3 is 9.47 Å². The zero-order chi connectivity index (χ0) is 18.6. The molecule has 5 nitrogen and oxygen atoms in total. The van der Waals surface area contributed by atoms with Gasteiger partial charge in [0.05, 0.1) is 0 Å². The summed E-state index contributed by atoms with van der Waals surface area (Å²) in [6.07, 6.45) is 8.57. The lowest BCUT2D eigenvalue weighted by atomic mass is 9.76. The molecule has 1 aromatic heterocycles. The van der Waals surface area contributed by atoms with Gasteiger partial charge >= 0.3 is 0 Å². The summed E-state index contributed by atoms with van der Waals surface area (Å²) in [4.78, 5) is 14.8. The van der Waals surface area contributed by atoms with E-state index in [1.165, 1.54) is 6.07 Å². The number of benzene rings is 1. The van der Waals surface area contributed by atoms with Crippen LogP contribution in [0.25, 0.3) is 0 Å². The van der Waals surface area contributed by atoms with E-state index in [0.29, 0.717) is 19.1 Å². The van der Waals surface area contributed by atoms with Crippen LogP contribution >= 0.6 is 0 Å². The van der Waals surface area contributed by atoms with Crippen LogP contribution in [0.3, 0.4) is 0 Å². The van der Waals surface area contributed by atoms with Crippen molar-refractivity contribution in [3.8, 4) is 0 Å². The second-order valence-electron chi connectivity index (χ2n) is 8.26. The minimum Gasteiger partial charge on any atom is -0.337 e. The summed E-state index contributed by atoms with van der Waals surface area (Å²) in [5.41, 5.74) is 0.222. The molecule has 2 saturated carbocycles. The number of carbonyl (C=O) groups excluding carboxylic acids is 1. The molecule has 3 aliphatic rings. The number of hydrogen-bond donors (Lipinski definition) is 0. The van der Waals surface area contributed by atoms with Crippen LogP contribution in [0.1, 0.15) is 66.7 Å². The molecule has 0 N–H and O–H groups in total. The van der Waals surface area contributed by atoms with Gasteiger partial charge in [-0.2, -0.15) is 0 Å². The molecule has 2 heterocycles. The molecule has 27 heavy (non-hydrogen) atoms. The first kappa shape index (κ1) is 16.8. The summed E-state index contributed by atoms with van der Waals surface area (Å²) in [5.74, 6) is -1.02. The van der Waals surface area contributed by atoms with E-state index in [9.17, 15) is 13.6 Å². The van der Waals surface area contributed by atoms with Crippen molar-refractivity contribution in [2.24, 2.45) is 5.41 Å². The highest BCUT2D eigenvalue weighted by Crippen LogP contribution is 2.54. The van der Waals surface area contributed by atoms with Crippen LogP contribution in [0.15, 0.2) is 24.5 Å². The third kappa shape index (κ3) is 2.75. The molecule has 2 aromatic rings. The van der Waals surface area contributed by atoms with E-state index in [2.05, 4.69) is 14.8 Å². The number of hydrogen-bond acceptors (Lipinski definition) is 3. The minimum absolute atomic E-state index is 0.0217. The van der Waals surface area contributed by atoms with Gasteiger partial charge in [0.2, 0.25) is 0 Å². The molecule has 1 saturated heterocycles. The topological polar surface area (TPSA) is 51.0 Å². The molecule has 3 fully saturated rings. The maximum atomic E-state index is 13.6. The van der Waals surface area contributed by atoms with Gasteiger partial charge in [0.1, 0.15) is 12.2 Å². The molecule has 5 rings (SSSR count). The summed E-state index contributed by atoms with van der Waals surface area (Å²) in [6.45, 7) is 1.20. The number of carbonyl (C=O) groups is 1. The van der Waals surface area contributed by atoms with E-state index in [1.807, 2.05) is 6.33 Å². The van der Waals surface area contributed by atoms with Gasteiger partial charge in [0.25, 0.3) is 5.91 Å². The zero-order valence-corrected chi connectivity index (χ0v) is 15.1. The van der Waals surface area contributed by atoms with Crippen molar-refractivity contribution in [2.45, 2.75) is 50.5 Å². The van der Waals surface area contributed by atoms with Crippen molar-refractivity contribution in [1.82, 2.24) is 19.7 Å². The summed E-state index contributed by atoms with van der Waals surface area (Å²) in [5, 5.41) is 8.59. The van der Waals surface area contributed by atoms with Crippen LogP contribution in [0.4, 0.5) is 8.78 Å². The lowest BCUT2D eigenvalue weighted by Crippen LogP contribution is -2.31. The van der Waals surface area contributed by atoms with Crippen molar-refractivity contribution in [3.05, 3.63) is 47.5 Å². The molecule has 0 bridgehead atoms. The minimum atomic E-state index is -0.986. The third-order valence-corrected chi connectivity index (χ3v) is 6.55. The summed E-state index contributed by atoms with van der Waals surface area (Å²) in [7, 11) is 0. The predicted molar refractivity (Wildman–Crippen MR) is 94.2 cm³/mol. The molecule has 1 atom stereocenters. The fourth-order valence-electron chi connectivity index (χ4n) is 5.01. The molecular formula is C20H22F2N4O. The highest BCUT2D eigenvalue weighted by atomic mass is 19.2. The Morgan fingerprint density at radius 2 is 1.93 bits per heavy atom. The fraction of sp³-hybridized carbons (Fsp3) is 0.550. The monoisotopic (exact) mass is 372 g/mol. The Hall–Kier alpha value is -2.31. The van der Waals surface area contributed by atoms with Gasteiger partial charge in [-0.05, 0) is 49.3 Å². The van der Waals surface area contributed by atoms with E-state index >= 15 is 0 Å². The Labute approximate surface area is 156 Å². The summed E-state index contributed by atoms with van der Waals surface area (Å²) >= 11 is 0. The molecule has 7 heteroatoms. The zero-order valence-electron chi connectivity index (χ0n) is 15.1. The molecule has 1 aromatic carbocycles. The Bertz CT molecular complexity index is 886. The van der Waals surface area contributed by atoms with Crippen LogP contribution in [0, 0.1) is 17.0 Å². The van der Waals surface area contributed by atoms with E-state index in [0.717, 1.165) is 56.5 Å². The fourth-order valence-corrected chi connectivity index (χ4v) is 5.01. The van der Waals surface area contributed by atoms with Crippen LogP contribution in [0.5, 0.6) is 0 Å². The van der Waals surface area contributed by atoms with Gasteiger partial charge in [-0.15, -0.1) is 10.2 Å². The standard InChI is InChI=1S/C20H22F2N4O/c21-16-6-3-13(9-17(16)22)19(27)25-10-15(20(11-25)7-1-2-8-20)18-24-23-12-26(18)14-4-5-14/h3,6,9,12,14-15H,1-2,4-5,7-8,10-11H2. The van der Waals surface area contributed by atoms with E-state index < -0.39 is 11.6 Å². The largest absolute Gasteiger partial charge is 0.337 e. The number of aromatic nitrogens is 3. The summed E-state index contributed by atoms with van der Waals surface area (Å²) in [6, 6.07) is 3.87. The number of likely N-dealkylation sites (tertiary alicyclic amines) is 1. The van der Waals surface area contributed by atoms with E-state index in [4.69, 9.17) is 0 Å². The van der Waals surface area contributed by atoms with Gasteiger partial charge in [-0.1, -0.05) is 12.8 Å². The molecular weight excluding hydrogens is 350 g/mol. The van der Waals surface area contributed by atoms with Crippen LogP contribution in [-0.4, -0.2) is 38.7 Å². The van der Waals surface area contributed by atoms with Gasteiger partial charge in [0.15, 0.2) is 11.6 Å². The molecule has 142 valence electrons. The van der Waals surface area contributed by atoms with Gasteiger partial charge in [-0.3, -0.25) is 4.79 Å². The number of rotatable bonds is 3. The Balaban J connectivity index is 1.46. The predicted octanol–water partition coefficient (Wildman–Crippen LogP) is 3.69. The first-order valence-corrected chi connectivity index (χ1v) is 9.71. The summed E-state index contributed by atoms with van der Waals surface area (Å²) < 4.78 is 29.0. The normalized spacial score (nSPS) is 24.1. The van der Waals surface area contributed by atoms with Crippen molar-refractivity contribution in [1.29, 1.82) is 0 Å². The van der Waals surface area contributed by atoms with Crippen LogP contribution < -0.4 is 0 Å². The van der Waals surface area contributed by atoms with E-state index in [-0.39, 0.29) is 22.8 Å². The number of nitrogens with zero attached hydrogens (tertiary/aromatic N) is 4. The number of halogens is 2. The van der Waals surface area contributed by atoms with Crippen molar-refractivity contribution in [2.75, 3.05) is 13.1 Å². The third-order valence-electron chi connectivity index (χ3n) is 6.55. The van der Waals surface area contributed by atoms with Crippen LogP contribution in [0.2, 0.25) is 0 Å². The molecule has 2 aliphatic carbocycles. The highest BCUT2D eigenvalue weighted by molar-refractivity contribution is 5.94. The maximum absolute atomic E-state index is 13.6. The first-order chi connectivity index (χ1) is 13.1. The van der Waals surface area contributed by atoms with Gasteiger partial charge in [0, 0.05) is 30.6 Å². The smallest absolute Gasteiger partial charge is 0.254 e. The average molecular weight is 372 g/mol. The van der Waals surface area contributed by atoms with Crippen molar-refractivity contribution >= 4 is 5.91 Å². The Kier molecular flexibility index (Phi) is 3.81. The van der Waals surface area contributed by atoms with Gasteiger partial charge in [-0.25, -0.2) is 8.78 Å². The number of amides is 1. The first-order valence-electron chi connectivity index (χ1n) is 9.71. The molecule has 1 amide bonds. The second-order valence-corrected chi connectivity index (χ2v) is 8.26. The average Bonchev–Trinajstić information content (AvgIpc) is 3.09. The highest BCUT2D eigenvalue weighted by Gasteiger charge is 2.52. The molecule has 1 unspecified atom stereocenters. The maximum Gasteiger partial charge on any atom is 0.254 e. The van der Waals surface area contributed by atoms with E-state index in [1.54, 1.807) is 4.90 Å². The second kappa shape index (κ2) is 6.11. The molecule has 0 radical (unpaired) electrons.